The zero-order chi connectivity index (χ0) is 19.4. The number of esters is 1. The fraction of sp³-hybridized carbons (Fsp3) is 0.950. The summed E-state index contributed by atoms with van der Waals surface area (Å²) in [5.74, 6) is 0.583. The predicted octanol–water partition coefficient (Wildman–Crippen LogP) is 5.35. The van der Waals surface area contributed by atoms with Crippen molar-refractivity contribution >= 4 is 22.6 Å². The SMILES string of the molecule is CC[Si](CC)(CC)OC[C@@H]1[C@@H]2CC(=O)O[C@@H]2C[C@@H]1O[Si](CC)(CC)CC. The molecule has 1 heterocycles. The molecule has 0 aromatic carbocycles. The van der Waals surface area contributed by atoms with Crippen LogP contribution in [0.1, 0.15) is 54.4 Å². The van der Waals surface area contributed by atoms with Crippen LogP contribution in [0.25, 0.3) is 0 Å². The van der Waals surface area contributed by atoms with Crippen LogP contribution >= 0.6 is 0 Å². The van der Waals surface area contributed by atoms with Crippen molar-refractivity contribution in [2.24, 2.45) is 11.8 Å². The van der Waals surface area contributed by atoms with Crippen LogP contribution in [0.3, 0.4) is 0 Å². The molecule has 0 aromatic heterocycles. The van der Waals surface area contributed by atoms with Crippen molar-refractivity contribution in [3.05, 3.63) is 0 Å². The summed E-state index contributed by atoms with van der Waals surface area (Å²) in [4.78, 5) is 11.8. The molecule has 1 aliphatic carbocycles. The third kappa shape index (κ3) is 4.45. The lowest BCUT2D eigenvalue weighted by molar-refractivity contribution is -0.141. The standard InChI is InChI=1S/C20H40O4Si2/c1-7-25(8-2,9-3)22-15-17-16-13-20(21)23-18(16)14-19(17)24-26(10-4,11-5)12-6/h16-19H,7-15H2,1-6H3/t16-,17+,18+,19-/m0/s1. The van der Waals surface area contributed by atoms with Gasteiger partial charge in [-0.25, -0.2) is 0 Å². The van der Waals surface area contributed by atoms with Crippen molar-refractivity contribution in [2.75, 3.05) is 6.61 Å². The first kappa shape index (κ1) is 22.1. The quantitative estimate of drug-likeness (QED) is 0.346. The summed E-state index contributed by atoms with van der Waals surface area (Å²) in [6, 6.07) is 6.99. The summed E-state index contributed by atoms with van der Waals surface area (Å²) in [6.45, 7) is 14.4. The average molecular weight is 401 g/mol. The maximum Gasteiger partial charge on any atom is 0.306 e. The van der Waals surface area contributed by atoms with Gasteiger partial charge in [0, 0.05) is 24.9 Å². The molecule has 152 valence electrons. The fourth-order valence-electron chi connectivity index (χ4n) is 4.97. The number of carbonyl (C=O) groups is 1. The molecule has 6 heteroatoms. The van der Waals surface area contributed by atoms with Crippen LogP contribution < -0.4 is 0 Å². The molecule has 0 bridgehead atoms. The van der Waals surface area contributed by atoms with Crippen LogP contribution in [-0.2, 0) is 18.4 Å². The molecule has 0 unspecified atom stereocenters. The second-order valence-electron chi connectivity index (χ2n) is 8.25. The molecule has 2 fully saturated rings. The van der Waals surface area contributed by atoms with Gasteiger partial charge in [-0.1, -0.05) is 41.5 Å². The monoisotopic (exact) mass is 400 g/mol. The van der Waals surface area contributed by atoms with Gasteiger partial charge in [-0.2, -0.15) is 0 Å². The lowest BCUT2D eigenvalue weighted by atomic mass is 9.93. The van der Waals surface area contributed by atoms with E-state index in [0.29, 0.717) is 18.3 Å². The Hall–Kier alpha value is -0.176. The molecule has 0 spiro atoms. The topological polar surface area (TPSA) is 44.8 Å². The van der Waals surface area contributed by atoms with Crippen molar-refractivity contribution in [1.82, 2.24) is 0 Å². The molecular formula is C20H40O4Si2. The van der Waals surface area contributed by atoms with E-state index in [-0.39, 0.29) is 18.2 Å². The lowest BCUT2D eigenvalue weighted by Crippen LogP contribution is -2.44. The molecule has 0 N–H and O–H groups in total. The van der Waals surface area contributed by atoms with Gasteiger partial charge >= 0.3 is 5.97 Å². The second kappa shape index (κ2) is 9.35. The molecule has 0 aromatic rings. The minimum Gasteiger partial charge on any atom is -0.462 e. The first-order valence-corrected chi connectivity index (χ1v) is 16.0. The summed E-state index contributed by atoms with van der Waals surface area (Å²) >= 11 is 0. The van der Waals surface area contributed by atoms with Crippen molar-refractivity contribution < 1.29 is 18.4 Å². The third-order valence-electron chi connectivity index (χ3n) is 7.50. The Morgan fingerprint density at radius 1 is 0.923 bits per heavy atom. The third-order valence-corrected chi connectivity index (χ3v) is 16.8. The van der Waals surface area contributed by atoms with Gasteiger partial charge in [0.05, 0.1) is 12.5 Å². The number of hydrogen-bond acceptors (Lipinski definition) is 4. The highest BCUT2D eigenvalue weighted by Gasteiger charge is 2.52. The van der Waals surface area contributed by atoms with E-state index in [9.17, 15) is 4.79 Å². The molecule has 26 heavy (non-hydrogen) atoms. The Bertz CT molecular complexity index is 446. The molecule has 2 rings (SSSR count). The second-order valence-corrected chi connectivity index (χ2v) is 17.7. The van der Waals surface area contributed by atoms with Crippen molar-refractivity contribution in [3.8, 4) is 0 Å². The Labute approximate surface area is 162 Å². The molecule has 1 saturated carbocycles. The maximum absolute atomic E-state index is 11.8. The Morgan fingerprint density at radius 2 is 1.46 bits per heavy atom. The summed E-state index contributed by atoms with van der Waals surface area (Å²) in [5.41, 5.74) is 0. The van der Waals surface area contributed by atoms with E-state index < -0.39 is 16.6 Å². The van der Waals surface area contributed by atoms with Gasteiger partial charge in [-0.05, 0) is 36.3 Å². The van der Waals surface area contributed by atoms with Gasteiger partial charge in [0.1, 0.15) is 6.10 Å². The molecule has 4 atom stereocenters. The van der Waals surface area contributed by atoms with Crippen LogP contribution in [0, 0.1) is 11.8 Å². The van der Waals surface area contributed by atoms with E-state index in [1.54, 1.807) is 0 Å². The number of carbonyl (C=O) groups excluding carboxylic acids is 1. The molecule has 4 nitrogen and oxygen atoms in total. The predicted molar refractivity (Wildman–Crippen MR) is 111 cm³/mol. The fourth-order valence-corrected chi connectivity index (χ4v) is 10.5. The summed E-state index contributed by atoms with van der Waals surface area (Å²) in [5, 5.41) is 0. The first-order chi connectivity index (χ1) is 12.4. The lowest BCUT2D eigenvalue weighted by Gasteiger charge is -2.37. The van der Waals surface area contributed by atoms with E-state index in [0.717, 1.165) is 31.2 Å². The average Bonchev–Trinajstić information content (AvgIpc) is 3.17. The minimum absolute atomic E-state index is 0.0292. The van der Waals surface area contributed by atoms with Crippen molar-refractivity contribution in [2.45, 2.75) is 103 Å². The summed E-state index contributed by atoms with van der Waals surface area (Å²) in [7, 11) is -3.30. The van der Waals surface area contributed by atoms with Gasteiger partial charge in [0.15, 0.2) is 16.6 Å². The summed E-state index contributed by atoms with van der Waals surface area (Å²) in [6.07, 6.45) is 1.69. The van der Waals surface area contributed by atoms with Gasteiger partial charge in [0.25, 0.3) is 0 Å². The molecule has 0 amide bonds. The largest absolute Gasteiger partial charge is 0.462 e. The molecule has 2 aliphatic rings. The van der Waals surface area contributed by atoms with Crippen LogP contribution in [0.2, 0.25) is 36.3 Å². The van der Waals surface area contributed by atoms with E-state index in [2.05, 4.69) is 41.5 Å². The highest BCUT2D eigenvalue weighted by molar-refractivity contribution is 6.74. The molecule has 1 aliphatic heterocycles. The van der Waals surface area contributed by atoms with Crippen LogP contribution in [0.15, 0.2) is 0 Å². The van der Waals surface area contributed by atoms with Crippen LogP contribution in [0.4, 0.5) is 0 Å². The van der Waals surface area contributed by atoms with Crippen LogP contribution in [-0.4, -0.2) is 41.4 Å². The highest BCUT2D eigenvalue weighted by atomic mass is 28.4. The Kier molecular flexibility index (Phi) is 7.95. The van der Waals surface area contributed by atoms with Crippen LogP contribution in [0.5, 0.6) is 0 Å². The summed E-state index contributed by atoms with van der Waals surface area (Å²) < 4.78 is 19.2. The van der Waals surface area contributed by atoms with Gasteiger partial charge in [0.2, 0.25) is 0 Å². The zero-order valence-electron chi connectivity index (χ0n) is 17.8. The first-order valence-electron chi connectivity index (χ1n) is 10.9. The van der Waals surface area contributed by atoms with Crippen molar-refractivity contribution in [3.63, 3.8) is 0 Å². The Morgan fingerprint density at radius 3 is 1.96 bits per heavy atom. The van der Waals surface area contributed by atoms with E-state index in [1.807, 2.05) is 0 Å². The van der Waals surface area contributed by atoms with Gasteiger partial charge in [-0.3, -0.25) is 4.79 Å². The molecule has 0 radical (unpaired) electrons. The highest BCUT2D eigenvalue weighted by Crippen LogP contribution is 2.45. The van der Waals surface area contributed by atoms with E-state index in [1.165, 1.54) is 18.1 Å². The minimum atomic E-state index is -1.67. The number of hydrogen-bond donors (Lipinski definition) is 0. The smallest absolute Gasteiger partial charge is 0.306 e. The van der Waals surface area contributed by atoms with E-state index >= 15 is 0 Å². The van der Waals surface area contributed by atoms with Gasteiger partial charge in [-0.15, -0.1) is 0 Å². The molecular weight excluding hydrogens is 360 g/mol. The van der Waals surface area contributed by atoms with E-state index in [4.69, 9.17) is 13.6 Å². The number of fused-ring (bicyclic) bond motifs is 1. The zero-order valence-corrected chi connectivity index (χ0v) is 19.8. The number of ether oxygens (including phenoxy) is 1. The van der Waals surface area contributed by atoms with Gasteiger partial charge < -0.3 is 13.6 Å². The maximum atomic E-state index is 11.8. The normalized spacial score (nSPS) is 29.1. The Balaban J connectivity index is 2.15. The van der Waals surface area contributed by atoms with Crippen molar-refractivity contribution in [1.29, 1.82) is 0 Å². The number of rotatable bonds is 11. The molecule has 1 saturated heterocycles.